The Balaban J connectivity index is 4.03. The van der Waals surface area contributed by atoms with Gasteiger partial charge < -0.3 is 11.5 Å². The SMILES string of the molecule is C=CC(=O)NC(=O)[C@@H](N)CC(N)=O. The van der Waals surface area contributed by atoms with Gasteiger partial charge in [-0.25, -0.2) is 0 Å². The van der Waals surface area contributed by atoms with Crippen LogP contribution < -0.4 is 16.8 Å². The van der Waals surface area contributed by atoms with Gasteiger partial charge in [-0.05, 0) is 6.08 Å². The molecule has 0 spiro atoms. The van der Waals surface area contributed by atoms with Crippen LogP contribution in [0.5, 0.6) is 0 Å². The molecule has 0 bridgehead atoms. The normalized spacial score (nSPS) is 11.5. The number of amides is 3. The first-order valence-electron chi connectivity index (χ1n) is 3.48. The van der Waals surface area contributed by atoms with E-state index in [1.807, 2.05) is 5.32 Å². The highest BCUT2D eigenvalue weighted by atomic mass is 16.2. The van der Waals surface area contributed by atoms with Gasteiger partial charge in [0.05, 0.1) is 12.5 Å². The van der Waals surface area contributed by atoms with Crippen LogP contribution in [0.15, 0.2) is 12.7 Å². The van der Waals surface area contributed by atoms with Crippen molar-refractivity contribution in [2.24, 2.45) is 11.5 Å². The van der Waals surface area contributed by atoms with Crippen molar-refractivity contribution in [1.82, 2.24) is 5.32 Å². The molecule has 0 heterocycles. The van der Waals surface area contributed by atoms with Gasteiger partial charge in [-0.1, -0.05) is 6.58 Å². The quantitative estimate of drug-likeness (QED) is 0.440. The van der Waals surface area contributed by atoms with E-state index in [9.17, 15) is 14.4 Å². The van der Waals surface area contributed by atoms with Crippen molar-refractivity contribution < 1.29 is 14.4 Å². The van der Waals surface area contributed by atoms with Crippen LogP contribution in [0, 0.1) is 0 Å². The van der Waals surface area contributed by atoms with Gasteiger partial charge in [0.2, 0.25) is 17.7 Å². The summed E-state index contributed by atoms with van der Waals surface area (Å²) in [4.78, 5) is 31.9. The molecular formula is C7H11N3O3. The third kappa shape index (κ3) is 4.70. The van der Waals surface area contributed by atoms with Crippen molar-refractivity contribution in [3.05, 3.63) is 12.7 Å². The van der Waals surface area contributed by atoms with Gasteiger partial charge >= 0.3 is 0 Å². The molecule has 0 aliphatic carbocycles. The second-order valence-electron chi connectivity index (χ2n) is 2.33. The van der Waals surface area contributed by atoms with Gasteiger partial charge in [-0.15, -0.1) is 0 Å². The molecule has 0 unspecified atom stereocenters. The molecule has 72 valence electrons. The van der Waals surface area contributed by atoms with E-state index >= 15 is 0 Å². The Morgan fingerprint density at radius 3 is 2.38 bits per heavy atom. The molecule has 0 aromatic carbocycles. The number of nitrogens with two attached hydrogens (primary N) is 2. The van der Waals surface area contributed by atoms with E-state index in [0.717, 1.165) is 6.08 Å². The van der Waals surface area contributed by atoms with Gasteiger partial charge in [0.1, 0.15) is 0 Å². The summed E-state index contributed by atoms with van der Waals surface area (Å²) >= 11 is 0. The van der Waals surface area contributed by atoms with E-state index in [-0.39, 0.29) is 6.42 Å². The molecule has 1 atom stereocenters. The number of hydrogen-bond acceptors (Lipinski definition) is 4. The molecule has 6 heteroatoms. The average molecular weight is 185 g/mol. The van der Waals surface area contributed by atoms with Crippen LogP contribution in [0.2, 0.25) is 0 Å². The second kappa shape index (κ2) is 5.04. The summed E-state index contributed by atoms with van der Waals surface area (Å²) in [5.74, 6) is -2.11. The number of carbonyl (C=O) groups is 3. The highest BCUT2D eigenvalue weighted by Gasteiger charge is 2.16. The van der Waals surface area contributed by atoms with Crippen molar-refractivity contribution in [2.45, 2.75) is 12.5 Å². The predicted octanol–water partition coefficient (Wildman–Crippen LogP) is -1.98. The van der Waals surface area contributed by atoms with Crippen LogP contribution in [0.3, 0.4) is 0 Å². The third-order valence-electron chi connectivity index (χ3n) is 1.19. The molecule has 6 nitrogen and oxygen atoms in total. The molecule has 0 radical (unpaired) electrons. The van der Waals surface area contributed by atoms with Gasteiger partial charge in [0.15, 0.2) is 0 Å². The molecule has 0 aliphatic rings. The van der Waals surface area contributed by atoms with E-state index in [0.29, 0.717) is 0 Å². The minimum atomic E-state index is -1.10. The van der Waals surface area contributed by atoms with Crippen LogP contribution in [0.1, 0.15) is 6.42 Å². The Kier molecular flexibility index (Phi) is 4.39. The van der Waals surface area contributed by atoms with Crippen molar-refractivity contribution in [3.8, 4) is 0 Å². The first kappa shape index (κ1) is 11.3. The molecule has 0 aliphatic heterocycles. The molecule has 0 fully saturated rings. The highest BCUT2D eigenvalue weighted by Crippen LogP contribution is 1.86. The minimum absolute atomic E-state index is 0.295. The molecule has 13 heavy (non-hydrogen) atoms. The fourth-order valence-electron chi connectivity index (χ4n) is 0.575. The standard InChI is InChI=1S/C7H11N3O3/c1-2-6(12)10-7(13)4(8)3-5(9)11/h2,4H,1,3,8H2,(H2,9,11)(H,10,12,13)/t4-/m0/s1. The monoisotopic (exact) mass is 185 g/mol. The topological polar surface area (TPSA) is 115 Å². The average Bonchev–Trinajstić information content (AvgIpc) is 2.02. The summed E-state index contributed by atoms with van der Waals surface area (Å²) in [6.45, 7) is 3.14. The Morgan fingerprint density at radius 2 is 2.00 bits per heavy atom. The maximum atomic E-state index is 10.9. The predicted molar refractivity (Wildman–Crippen MR) is 45.1 cm³/mol. The van der Waals surface area contributed by atoms with E-state index in [2.05, 4.69) is 6.58 Å². The lowest BCUT2D eigenvalue weighted by Gasteiger charge is -2.07. The van der Waals surface area contributed by atoms with E-state index in [1.54, 1.807) is 0 Å². The lowest BCUT2D eigenvalue weighted by atomic mass is 10.2. The van der Waals surface area contributed by atoms with Gasteiger partial charge in [-0.2, -0.15) is 0 Å². The molecule has 0 saturated carbocycles. The van der Waals surface area contributed by atoms with Crippen LogP contribution >= 0.6 is 0 Å². The fraction of sp³-hybridized carbons (Fsp3) is 0.286. The van der Waals surface area contributed by atoms with Gasteiger partial charge in [0, 0.05) is 0 Å². The Hall–Kier alpha value is -1.69. The highest BCUT2D eigenvalue weighted by molar-refractivity contribution is 6.03. The van der Waals surface area contributed by atoms with E-state index in [1.165, 1.54) is 0 Å². The lowest BCUT2D eigenvalue weighted by molar-refractivity contribution is -0.131. The third-order valence-corrected chi connectivity index (χ3v) is 1.19. The summed E-state index contributed by atoms with van der Waals surface area (Å²) in [6, 6.07) is -1.10. The molecule has 3 amide bonds. The summed E-state index contributed by atoms with van der Waals surface area (Å²) in [5, 5.41) is 1.91. The first-order chi connectivity index (χ1) is 5.97. The van der Waals surface area contributed by atoms with Crippen LogP contribution in [-0.2, 0) is 14.4 Å². The summed E-state index contributed by atoms with van der Waals surface area (Å²) < 4.78 is 0. The largest absolute Gasteiger partial charge is 0.370 e. The lowest BCUT2D eigenvalue weighted by Crippen LogP contribution is -2.44. The molecule has 0 aromatic heterocycles. The Bertz CT molecular complexity index is 249. The number of primary amides is 1. The van der Waals surface area contributed by atoms with Crippen molar-refractivity contribution >= 4 is 17.7 Å². The zero-order valence-electron chi connectivity index (χ0n) is 6.95. The van der Waals surface area contributed by atoms with E-state index < -0.39 is 23.8 Å². The molecule has 0 saturated heterocycles. The number of imide groups is 1. The number of carbonyl (C=O) groups excluding carboxylic acids is 3. The maximum Gasteiger partial charge on any atom is 0.249 e. The van der Waals surface area contributed by atoms with Gasteiger partial charge in [0.25, 0.3) is 0 Å². The number of nitrogens with one attached hydrogen (secondary N) is 1. The van der Waals surface area contributed by atoms with Crippen LogP contribution in [0.25, 0.3) is 0 Å². The van der Waals surface area contributed by atoms with Crippen molar-refractivity contribution in [1.29, 1.82) is 0 Å². The molecule has 5 N–H and O–H groups in total. The summed E-state index contributed by atoms with van der Waals surface area (Å²) in [6.07, 6.45) is 0.630. The molecule has 0 aromatic rings. The Labute approximate surface area is 75.0 Å². The molecule has 0 rings (SSSR count). The van der Waals surface area contributed by atoms with Crippen LogP contribution in [0.4, 0.5) is 0 Å². The van der Waals surface area contributed by atoms with E-state index in [4.69, 9.17) is 11.5 Å². The Morgan fingerprint density at radius 1 is 1.46 bits per heavy atom. The number of hydrogen-bond donors (Lipinski definition) is 3. The zero-order valence-corrected chi connectivity index (χ0v) is 6.95. The smallest absolute Gasteiger partial charge is 0.249 e. The van der Waals surface area contributed by atoms with Crippen molar-refractivity contribution in [3.63, 3.8) is 0 Å². The minimum Gasteiger partial charge on any atom is -0.370 e. The number of rotatable bonds is 4. The van der Waals surface area contributed by atoms with Crippen LogP contribution in [-0.4, -0.2) is 23.8 Å². The summed E-state index contributed by atoms with van der Waals surface area (Å²) in [7, 11) is 0. The zero-order chi connectivity index (χ0) is 10.4. The van der Waals surface area contributed by atoms with Gasteiger partial charge in [-0.3, -0.25) is 19.7 Å². The molecular weight excluding hydrogens is 174 g/mol. The second-order valence-corrected chi connectivity index (χ2v) is 2.33. The first-order valence-corrected chi connectivity index (χ1v) is 3.48. The summed E-state index contributed by atoms with van der Waals surface area (Å²) in [5.41, 5.74) is 10.0. The van der Waals surface area contributed by atoms with Crippen molar-refractivity contribution in [2.75, 3.05) is 0 Å². The maximum absolute atomic E-state index is 10.9. The fourth-order valence-corrected chi connectivity index (χ4v) is 0.575.